The average molecular weight is 285 g/mol. The Morgan fingerprint density at radius 1 is 1.10 bits per heavy atom. The van der Waals surface area contributed by atoms with Crippen LogP contribution in [0, 0.1) is 6.92 Å². The molecule has 2 aromatic rings. The van der Waals surface area contributed by atoms with Crippen LogP contribution in [0.4, 0.5) is 0 Å². The monoisotopic (exact) mass is 285 g/mol. The van der Waals surface area contributed by atoms with Crippen LogP contribution in [0.1, 0.15) is 17.7 Å². The molecule has 0 saturated carbocycles. The molecule has 0 atom stereocenters. The molecule has 1 fully saturated rings. The van der Waals surface area contributed by atoms with Crippen molar-refractivity contribution in [2.24, 2.45) is 0 Å². The molecule has 0 N–H and O–H groups in total. The van der Waals surface area contributed by atoms with Crippen molar-refractivity contribution in [2.45, 2.75) is 19.8 Å². The van der Waals surface area contributed by atoms with E-state index in [0.29, 0.717) is 0 Å². The van der Waals surface area contributed by atoms with Crippen molar-refractivity contribution >= 4 is 0 Å². The smallest absolute Gasteiger partial charge is 0.134 e. The summed E-state index contributed by atoms with van der Waals surface area (Å²) < 4.78 is 11.1. The van der Waals surface area contributed by atoms with Crippen molar-refractivity contribution in [3.63, 3.8) is 0 Å². The predicted octanol–water partition coefficient (Wildman–Crippen LogP) is 3.52. The number of nitrogens with zero attached hydrogens (tertiary/aromatic N) is 1. The highest BCUT2D eigenvalue weighted by Crippen LogP contribution is 2.23. The normalized spacial score (nSPS) is 16.2. The minimum Gasteiger partial charge on any atom is -0.461 e. The number of furan rings is 1. The Bertz CT molecular complexity index is 570. The molecule has 0 amide bonds. The van der Waals surface area contributed by atoms with Crippen molar-refractivity contribution in [1.82, 2.24) is 4.90 Å². The summed E-state index contributed by atoms with van der Waals surface area (Å²) in [5, 5.41) is 0. The first-order valence-corrected chi connectivity index (χ1v) is 7.77. The lowest BCUT2D eigenvalue weighted by molar-refractivity contribution is 0.0375. The fraction of sp³-hybridized carbons (Fsp3) is 0.444. The summed E-state index contributed by atoms with van der Waals surface area (Å²) in [6, 6.07) is 12.7. The first kappa shape index (κ1) is 14.4. The second kappa shape index (κ2) is 6.92. The number of aryl methyl sites for hydroxylation is 2. The number of hydrogen-bond donors (Lipinski definition) is 0. The molecule has 1 aliphatic rings. The largest absolute Gasteiger partial charge is 0.461 e. The first-order chi connectivity index (χ1) is 10.3. The Hall–Kier alpha value is -1.58. The Kier molecular flexibility index (Phi) is 4.73. The van der Waals surface area contributed by atoms with E-state index in [1.807, 2.05) is 19.1 Å². The topological polar surface area (TPSA) is 25.6 Å². The van der Waals surface area contributed by atoms with Crippen molar-refractivity contribution in [2.75, 3.05) is 32.8 Å². The second-order valence-electron chi connectivity index (χ2n) is 5.67. The molecule has 0 spiro atoms. The maximum absolute atomic E-state index is 5.70. The molecule has 0 aliphatic carbocycles. The fourth-order valence-corrected chi connectivity index (χ4v) is 2.80. The van der Waals surface area contributed by atoms with Gasteiger partial charge in [-0.1, -0.05) is 18.2 Å². The second-order valence-corrected chi connectivity index (χ2v) is 5.67. The highest BCUT2D eigenvalue weighted by Gasteiger charge is 2.09. The van der Waals surface area contributed by atoms with E-state index in [9.17, 15) is 0 Å². The SMILES string of the molecule is Cc1ccc(-c2cccc(CCCN3CCOCC3)c2)o1. The van der Waals surface area contributed by atoms with Crippen LogP contribution >= 0.6 is 0 Å². The molecular weight excluding hydrogens is 262 g/mol. The molecule has 112 valence electrons. The van der Waals surface area contributed by atoms with Crippen LogP contribution in [0.3, 0.4) is 0 Å². The third kappa shape index (κ3) is 3.96. The van der Waals surface area contributed by atoms with Crippen LogP contribution in [0.15, 0.2) is 40.8 Å². The summed E-state index contributed by atoms with van der Waals surface area (Å²) in [4.78, 5) is 2.49. The molecule has 2 heterocycles. The zero-order valence-corrected chi connectivity index (χ0v) is 12.7. The third-order valence-electron chi connectivity index (χ3n) is 4.00. The van der Waals surface area contributed by atoms with Crippen molar-refractivity contribution < 1.29 is 9.15 Å². The number of hydrogen-bond acceptors (Lipinski definition) is 3. The lowest BCUT2D eigenvalue weighted by atomic mass is 10.0. The van der Waals surface area contributed by atoms with Gasteiger partial charge in [-0.2, -0.15) is 0 Å². The van der Waals surface area contributed by atoms with Gasteiger partial charge in [0.15, 0.2) is 0 Å². The molecule has 3 heteroatoms. The van der Waals surface area contributed by atoms with Gasteiger partial charge in [0, 0.05) is 18.7 Å². The van der Waals surface area contributed by atoms with Crippen LogP contribution in [-0.2, 0) is 11.2 Å². The van der Waals surface area contributed by atoms with Crippen molar-refractivity contribution in [1.29, 1.82) is 0 Å². The summed E-state index contributed by atoms with van der Waals surface area (Å²) in [7, 11) is 0. The Balaban J connectivity index is 1.56. The first-order valence-electron chi connectivity index (χ1n) is 7.77. The quantitative estimate of drug-likeness (QED) is 0.840. The number of rotatable bonds is 5. The van der Waals surface area contributed by atoms with E-state index in [1.165, 1.54) is 17.5 Å². The molecular formula is C18H23NO2. The van der Waals surface area contributed by atoms with Gasteiger partial charge >= 0.3 is 0 Å². The highest BCUT2D eigenvalue weighted by molar-refractivity contribution is 5.58. The molecule has 3 rings (SSSR count). The summed E-state index contributed by atoms with van der Waals surface area (Å²) in [5.41, 5.74) is 2.56. The van der Waals surface area contributed by atoms with E-state index in [4.69, 9.17) is 9.15 Å². The maximum atomic E-state index is 5.70. The molecule has 0 unspecified atom stereocenters. The number of ether oxygens (including phenoxy) is 1. The van der Waals surface area contributed by atoms with Crippen molar-refractivity contribution in [3.05, 3.63) is 47.7 Å². The van der Waals surface area contributed by atoms with Crippen molar-refractivity contribution in [3.8, 4) is 11.3 Å². The standard InChI is InChI=1S/C18H23NO2/c1-15-7-8-18(21-15)17-6-2-4-16(14-17)5-3-9-19-10-12-20-13-11-19/h2,4,6-8,14H,3,5,9-13H2,1H3. The molecule has 0 bridgehead atoms. The maximum Gasteiger partial charge on any atom is 0.134 e. The van der Waals surface area contributed by atoms with E-state index in [0.717, 1.165) is 50.8 Å². The van der Waals surface area contributed by atoms with E-state index in [1.54, 1.807) is 0 Å². The van der Waals surface area contributed by atoms with Gasteiger partial charge in [0.05, 0.1) is 13.2 Å². The highest BCUT2D eigenvalue weighted by atomic mass is 16.5. The number of morpholine rings is 1. The summed E-state index contributed by atoms with van der Waals surface area (Å²) >= 11 is 0. The van der Waals surface area contributed by atoms with Gasteiger partial charge in [-0.15, -0.1) is 0 Å². The molecule has 21 heavy (non-hydrogen) atoms. The van der Waals surface area contributed by atoms with Gasteiger partial charge in [0.1, 0.15) is 11.5 Å². The van der Waals surface area contributed by atoms with Gasteiger partial charge in [-0.25, -0.2) is 0 Å². The zero-order valence-electron chi connectivity index (χ0n) is 12.7. The van der Waals surface area contributed by atoms with E-state index in [2.05, 4.69) is 29.2 Å². The van der Waals surface area contributed by atoms with Crippen LogP contribution in [0.2, 0.25) is 0 Å². The van der Waals surface area contributed by atoms with Crippen LogP contribution < -0.4 is 0 Å². The van der Waals surface area contributed by atoms with E-state index >= 15 is 0 Å². The number of benzene rings is 1. The Morgan fingerprint density at radius 2 is 1.95 bits per heavy atom. The molecule has 1 aromatic carbocycles. The molecule has 0 radical (unpaired) electrons. The lowest BCUT2D eigenvalue weighted by Crippen LogP contribution is -2.36. The minimum atomic E-state index is 0.882. The summed E-state index contributed by atoms with van der Waals surface area (Å²) in [6.07, 6.45) is 2.31. The fourth-order valence-electron chi connectivity index (χ4n) is 2.80. The average Bonchev–Trinajstić information content (AvgIpc) is 2.95. The lowest BCUT2D eigenvalue weighted by Gasteiger charge is -2.26. The minimum absolute atomic E-state index is 0.882. The van der Waals surface area contributed by atoms with E-state index in [-0.39, 0.29) is 0 Å². The molecule has 1 saturated heterocycles. The molecule has 3 nitrogen and oxygen atoms in total. The van der Waals surface area contributed by atoms with Gasteiger partial charge < -0.3 is 9.15 Å². The Morgan fingerprint density at radius 3 is 2.71 bits per heavy atom. The molecule has 1 aromatic heterocycles. The Labute approximate surface area is 126 Å². The van der Waals surface area contributed by atoms with Gasteiger partial charge in [0.2, 0.25) is 0 Å². The van der Waals surface area contributed by atoms with E-state index < -0.39 is 0 Å². The van der Waals surface area contributed by atoms with Crippen LogP contribution in [0.5, 0.6) is 0 Å². The van der Waals surface area contributed by atoms with Crippen LogP contribution in [-0.4, -0.2) is 37.7 Å². The zero-order chi connectivity index (χ0) is 14.5. The van der Waals surface area contributed by atoms with Gasteiger partial charge in [-0.05, 0) is 50.1 Å². The van der Waals surface area contributed by atoms with Gasteiger partial charge in [-0.3, -0.25) is 4.90 Å². The van der Waals surface area contributed by atoms with Crippen LogP contribution in [0.25, 0.3) is 11.3 Å². The summed E-state index contributed by atoms with van der Waals surface area (Å²) in [5.74, 6) is 1.92. The third-order valence-corrected chi connectivity index (χ3v) is 4.00. The summed E-state index contributed by atoms with van der Waals surface area (Å²) in [6.45, 7) is 7.06. The predicted molar refractivity (Wildman–Crippen MR) is 84.5 cm³/mol. The molecule has 1 aliphatic heterocycles. The van der Waals surface area contributed by atoms with Gasteiger partial charge in [0.25, 0.3) is 0 Å².